The summed E-state index contributed by atoms with van der Waals surface area (Å²) in [7, 11) is 1.53. The predicted octanol–water partition coefficient (Wildman–Crippen LogP) is 6.97. The summed E-state index contributed by atoms with van der Waals surface area (Å²) >= 11 is 8.35. The summed E-state index contributed by atoms with van der Waals surface area (Å²) in [5, 5.41) is 4.88. The Balaban J connectivity index is 1.46. The smallest absolute Gasteiger partial charge is 0.335 e. The topological polar surface area (TPSA) is 84.9 Å². The van der Waals surface area contributed by atoms with Crippen molar-refractivity contribution in [3.8, 4) is 11.5 Å². The Labute approximate surface area is 249 Å². The second kappa shape index (κ2) is 11.3. The highest BCUT2D eigenvalue weighted by atomic mass is 127. The molecule has 4 aromatic carbocycles. The maximum Gasteiger partial charge on any atom is 0.335 e. The highest BCUT2D eigenvalue weighted by molar-refractivity contribution is 14.1. The Hall–Kier alpha value is -3.89. The zero-order valence-corrected chi connectivity index (χ0v) is 24.8. The third-order valence-corrected chi connectivity index (χ3v) is 7.92. The van der Waals surface area contributed by atoms with Crippen molar-refractivity contribution < 1.29 is 23.9 Å². The van der Waals surface area contributed by atoms with Crippen LogP contribution in [-0.2, 0) is 16.2 Å². The molecule has 1 heterocycles. The molecule has 4 amide bonds. The second-order valence-corrected chi connectivity index (χ2v) is 10.9. The van der Waals surface area contributed by atoms with E-state index in [9.17, 15) is 14.4 Å². The number of methoxy groups -OCH3 is 1. The van der Waals surface area contributed by atoms with Crippen LogP contribution in [0.3, 0.4) is 0 Å². The van der Waals surface area contributed by atoms with Crippen molar-refractivity contribution in [1.29, 1.82) is 0 Å². The maximum absolute atomic E-state index is 13.3. The first kappa shape index (κ1) is 27.7. The number of anilines is 1. The van der Waals surface area contributed by atoms with Gasteiger partial charge in [0.2, 0.25) is 0 Å². The Kier molecular flexibility index (Phi) is 7.82. The average molecular weight is 667 g/mol. The van der Waals surface area contributed by atoms with Gasteiger partial charge in [0.1, 0.15) is 12.2 Å². The summed E-state index contributed by atoms with van der Waals surface area (Å²) in [5.41, 5.74) is 3.58. The van der Waals surface area contributed by atoms with Crippen LogP contribution in [0, 0.1) is 17.4 Å². The van der Waals surface area contributed by atoms with Crippen LogP contribution in [0.2, 0.25) is 5.02 Å². The van der Waals surface area contributed by atoms with Crippen molar-refractivity contribution in [2.75, 3.05) is 12.0 Å². The molecular formula is C31H24ClIN2O5. The van der Waals surface area contributed by atoms with E-state index in [0.717, 1.165) is 35.9 Å². The van der Waals surface area contributed by atoms with E-state index in [4.69, 9.17) is 21.1 Å². The Morgan fingerprint density at radius 2 is 1.73 bits per heavy atom. The van der Waals surface area contributed by atoms with Gasteiger partial charge in [-0.1, -0.05) is 54.1 Å². The van der Waals surface area contributed by atoms with Crippen LogP contribution in [0.1, 0.15) is 22.3 Å². The number of rotatable bonds is 6. The Morgan fingerprint density at radius 3 is 2.48 bits per heavy atom. The largest absolute Gasteiger partial charge is 0.493 e. The van der Waals surface area contributed by atoms with Crippen LogP contribution in [0.4, 0.5) is 10.5 Å². The molecular weight excluding hydrogens is 643 g/mol. The van der Waals surface area contributed by atoms with Gasteiger partial charge in [0.15, 0.2) is 11.5 Å². The van der Waals surface area contributed by atoms with E-state index in [2.05, 4.69) is 52.2 Å². The third kappa shape index (κ3) is 5.29. The molecule has 0 radical (unpaired) electrons. The number of nitrogens with one attached hydrogen (secondary N) is 1. The third-order valence-electron chi connectivity index (χ3n) is 6.71. The van der Waals surface area contributed by atoms with Crippen LogP contribution in [0.25, 0.3) is 16.8 Å². The van der Waals surface area contributed by atoms with Gasteiger partial charge in [0.25, 0.3) is 11.8 Å². The van der Waals surface area contributed by atoms with Crippen molar-refractivity contribution in [3.63, 3.8) is 0 Å². The average Bonchev–Trinajstić information content (AvgIpc) is 2.92. The van der Waals surface area contributed by atoms with Crippen LogP contribution in [0.5, 0.6) is 11.5 Å². The van der Waals surface area contributed by atoms with E-state index in [1.54, 1.807) is 24.3 Å². The zero-order valence-electron chi connectivity index (χ0n) is 21.9. The molecule has 9 heteroatoms. The molecule has 0 aromatic heterocycles. The molecule has 1 fully saturated rings. The van der Waals surface area contributed by atoms with Crippen LogP contribution in [0.15, 0.2) is 72.3 Å². The highest BCUT2D eigenvalue weighted by Crippen LogP contribution is 2.36. The molecule has 4 aromatic rings. The van der Waals surface area contributed by atoms with Gasteiger partial charge in [-0.3, -0.25) is 14.9 Å². The van der Waals surface area contributed by atoms with Crippen molar-refractivity contribution in [2.45, 2.75) is 20.5 Å². The van der Waals surface area contributed by atoms with Gasteiger partial charge >= 0.3 is 6.03 Å². The molecule has 0 spiro atoms. The lowest BCUT2D eigenvalue weighted by Gasteiger charge is -2.26. The first-order chi connectivity index (χ1) is 19.2. The molecule has 0 atom stereocenters. The fourth-order valence-electron chi connectivity index (χ4n) is 4.52. The lowest BCUT2D eigenvalue weighted by molar-refractivity contribution is -0.122. The summed E-state index contributed by atoms with van der Waals surface area (Å²) in [4.78, 5) is 39.5. The summed E-state index contributed by atoms with van der Waals surface area (Å²) in [6.07, 6.45) is 1.43. The minimum atomic E-state index is -0.841. The van der Waals surface area contributed by atoms with Crippen LogP contribution >= 0.6 is 34.2 Å². The number of urea groups is 1. The molecule has 0 bridgehead atoms. The molecule has 0 saturated carbocycles. The monoisotopic (exact) mass is 666 g/mol. The quantitative estimate of drug-likeness (QED) is 0.137. The lowest BCUT2D eigenvalue weighted by atomic mass is 10.0. The fourth-order valence-corrected chi connectivity index (χ4v) is 5.48. The van der Waals surface area contributed by atoms with E-state index in [-0.39, 0.29) is 11.3 Å². The number of halogens is 2. The minimum Gasteiger partial charge on any atom is -0.493 e. The Morgan fingerprint density at radius 1 is 0.975 bits per heavy atom. The summed E-state index contributed by atoms with van der Waals surface area (Å²) in [6, 6.07) is 19.7. The molecule has 0 unspecified atom stereocenters. The number of hydrogen-bond donors (Lipinski definition) is 1. The Bertz CT molecular complexity index is 1730. The molecule has 5 rings (SSSR count). The molecule has 1 aliphatic rings. The van der Waals surface area contributed by atoms with Gasteiger partial charge in [-0.25, -0.2) is 9.69 Å². The standard InChI is InChI=1S/C31H24ClIN2O5/c1-17-8-10-20-6-4-5-7-22(20)24(17)16-40-28-26(33)13-19(14-27(28)39-3)12-23-29(36)34-31(38)35(30(23)37)21-11-9-18(2)25(32)15-21/h4-15H,16H2,1-3H3,(H,34,36,38)/b23-12+. The number of carbonyl (C=O) groups is 3. The first-order valence-corrected chi connectivity index (χ1v) is 13.8. The molecule has 202 valence electrons. The number of imide groups is 2. The second-order valence-electron chi connectivity index (χ2n) is 9.30. The van der Waals surface area contributed by atoms with Crippen molar-refractivity contribution in [2.24, 2.45) is 0 Å². The highest BCUT2D eigenvalue weighted by Gasteiger charge is 2.37. The van der Waals surface area contributed by atoms with Crippen molar-refractivity contribution >= 4 is 74.6 Å². The first-order valence-electron chi connectivity index (χ1n) is 12.3. The number of carbonyl (C=O) groups excluding carboxylic acids is 3. The number of amides is 4. The number of fused-ring (bicyclic) bond motifs is 1. The molecule has 1 saturated heterocycles. The van der Waals surface area contributed by atoms with Gasteiger partial charge < -0.3 is 9.47 Å². The molecule has 1 aliphatic heterocycles. The van der Waals surface area contributed by atoms with Gasteiger partial charge in [-0.2, -0.15) is 0 Å². The molecule has 0 aliphatic carbocycles. The summed E-state index contributed by atoms with van der Waals surface area (Å²) in [6.45, 7) is 4.19. The number of hydrogen-bond acceptors (Lipinski definition) is 5. The molecule has 7 nitrogen and oxygen atoms in total. The number of nitrogens with zero attached hydrogens (tertiary/aromatic N) is 1. The van der Waals surface area contributed by atoms with E-state index in [0.29, 0.717) is 28.7 Å². The summed E-state index contributed by atoms with van der Waals surface area (Å²) in [5.74, 6) is -0.554. The predicted molar refractivity (Wildman–Crippen MR) is 164 cm³/mol. The van der Waals surface area contributed by atoms with Crippen molar-refractivity contribution in [1.82, 2.24) is 5.32 Å². The van der Waals surface area contributed by atoms with Gasteiger partial charge in [-0.15, -0.1) is 0 Å². The van der Waals surface area contributed by atoms with Crippen LogP contribution < -0.4 is 19.7 Å². The number of benzene rings is 4. The van der Waals surface area contributed by atoms with E-state index in [1.807, 2.05) is 26.0 Å². The minimum absolute atomic E-state index is 0.200. The van der Waals surface area contributed by atoms with E-state index < -0.39 is 17.8 Å². The van der Waals surface area contributed by atoms with Crippen molar-refractivity contribution in [3.05, 3.63) is 103 Å². The van der Waals surface area contributed by atoms with E-state index >= 15 is 0 Å². The number of aryl methyl sites for hydroxylation is 2. The van der Waals surface area contributed by atoms with Gasteiger partial charge in [-0.05, 0) is 94.2 Å². The van der Waals surface area contributed by atoms with Gasteiger partial charge in [0.05, 0.1) is 16.4 Å². The van der Waals surface area contributed by atoms with Crippen LogP contribution in [-0.4, -0.2) is 25.0 Å². The lowest BCUT2D eigenvalue weighted by Crippen LogP contribution is -2.54. The SMILES string of the molecule is COc1cc(/C=C2\C(=O)NC(=O)N(c3ccc(C)c(Cl)c3)C2=O)cc(I)c1OCc1c(C)ccc2ccccc12. The summed E-state index contributed by atoms with van der Waals surface area (Å²) < 4.78 is 12.6. The normalized spacial score (nSPS) is 14.6. The van der Waals surface area contributed by atoms with Gasteiger partial charge in [0, 0.05) is 10.6 Å². The number of barbiturate groups is 1. The zero-order chi connectivity index (χ0) is 28.6. The van der Waals surface area contributed by atoms with E-state index in [1.165, 1.54) is 19.3 Å². The molecule has 40 heavy (non-hydrogen) atoms. The fraction of sp³-hybridized carbons (Fsp3) is 0.129. The molecule has 1 N–H and O–H groups in total. The maximum atomic E-state index is 13.3. The number of ether oxygens (including phenoxy) is 2.